The van der Waals surface area contributed by atoms with Crippen LogP contribution in [0.1, 0.15) is 33.6 Å². The molecule has 0 unspecified atom stereocenters. The van der Waals surface area contributed by atoms with Crippen molar-refractivity contribution < 1.29 is 24.2 Å². The summed E-state index contributed by atoms with van der Waals surface area (Å²) < 4.78 is 11.1. The van der Waals surface area contributed by atoms with Gasteiger partial charge in [0.05, 0.1) is 28.9 Å². The van der Waals surface area contributed by atoms with Gasteiger partial charge in [-0.2, -0.15) is 0 Å². The zero-order valence-corrected chi connectivity index (χ0v) is 16.7. The van der Waals surface area contributed by atoms with Crippen LogP contribution in [-0.4, -0.2) is 35.1 Å². The summed E-state index contributed by atoms with van der Waals surface area (Å²) in [7, 11) is 1.39. The maximum atomic E-state index is 12.3. The molecule has 1 amide bonds. The number of benzene rings is 2. The van der Waals surface area contributed by atoms with Crippen LogP contribution < -0.4 is 20.5 Å². The van der Waals surface area contributed by atoms with Crippen LogP contribution in [0.2, 0.25) is 5.02 Å². The SMILES string of the molecule is COc1cc2nccc(Oc3ccc(C(=O)NC4CC4)c(Cl)c3N)c2cc1C(=O)O. The topological polar surface area (TPSA) is 124 Å². The number of carbonyl (C=O) groups excluding carboxylic acids is 1. The lowest BCUT2D eigenvalue weighted by molar-refractivity contribution is 0.0693. The molecule has 30 heavy (non-hydrogen) atoms. The highest BCUT2D eigenvalue weighted by atomic mass is 35.5. The normalized spacial score (nSPS) is 13.1. The molecule has 1 heterocycles. The molecule has 3 aromatic rings. The van der Waals surface area contributed by atoms with Crippen LogP contribution >= 0.6 is 11.6 Å². The van der Waals surface area contributed by atoms with E-state index in [0.717, 1.165) is 12.8 Å². The zero-order chi connectivity index (χ0) is 21.4. The number of anilines is 1. The number of aromatic carboxylic acids is 1. The molecule has 1 saturated carbocycles. The minimum atomic E-state index is -1.14. The molecule has 0 radical (unpaired) electrons. The van der Waals surface area contributed by atoms with Crippen LogP contribution in [0.3, 0.4) is 0 Å². The number of nitrogens with two attached hydrogens (primary N) is 1. The number of nitrogen functional groups attached to an aromatic ring is 1. The van der Waals surface area contributed by atoms with Gasteiger partial charge in [-0.15, -0.1) is 0 Å². The summed E-state index contributed by atoms with van der Waals surface area (Å²) in [4.78, 5) is 28.1. The van der Waals surface area contributed by atoms with Crippen molar-refractivity contribution in [2.24, 2.45) is 0 Å². The van der Waals surface area contributed by atoms with E-state index in [1.165, 1.54) is 25.4 Å². The predicted molar refractivity (Wildman–Crippen MR) is 112 cm³/mol. The van der Waals surface area contributed by atoms with Crippen molar-refractivity contribution in [3.63, 3.8) is 0 Å². The standard InChI is InChI=1S/C21H18ClN3O5/c1-29-17-9-14-12(8-13(17)21(27)28)15(6-7-24-14)30-16-5-4-11(18(22)19(16)23)20(26)25-10-2-3-10/h4-10H,2-3,23H2,1H3,(H,25,26)(H,27,28). The molecule has 1 aliphatic carbocycles. The first kappa shape index (κ1) is 19.8. The Morgan fingerprint density at radius 3 is 2.60 bits per heavy atom. The second-order valence-corrected chi connectivity index (χ2v) is 7.25. The Hall–Kier alpha value is -3.52. The van der Waals surface area contributed by atoms with Crippen LogP contribution in [0.4, 0.5) is 5.69 Å². The summed E-state index contributed by atoms with van der Waals surface area (Å²) in [6, 6.07) is 7.81. The first-order chi connectivity index (χ1) is 14.4. The number of aromatic nitrogens is 1. The lowest BCUT2D eigenvalue weighted by Crippen LogP contribution is -2.25. The van der Waals surface area contributed by atoms with Crippen molar-refractivity contribution in [1.29, 1.82) is 0 Å². The molecule has 4 N–H and O–H groups in total. The molecular formula is C21H18ClN3O5. The van der Waals surface area contributed by atoms with Gasteiger partial charge in [-0.1, -0.05) is 11.6 Å². The van der Waals surface area contributed by atoms with E-state index < -0.39 is 5.97 Å². The number of halogens is 1. The van der Waals surface area contributed by atoms with Gasteiger partial charge in [-0.3, -0.25) is 9.78 Å². The van der Waals surface area contributed by atoms with Gasteiger partial charge in [0.15, 0.2) is 5.75 Å². The number of fused-ring (bicyclic) bond motifs is 1. The number of pyridine rings is 1. The maximum Gasteiger partial charge on any atom is 0.339 e. The lowest BCUT2D eigenvalue weighted by atomic mass is 10.1. The highest BCUT2D eigenvalue weighted by Gasteiger charge is 2.26. The third-order valence-electron chi connectivity index (χ3n) is 4.77. The molecule has 0 aliphatic heterocycles. The molecular weight excluding hydrogens is 410 g/mol. The number of ether oxygens (including phenoxy) is 2. The van der Waals surface area contributed by atoms with Crippen molar-refractivity contribution in [1.82, 2.24) is 10.3 Å². The fraction of sp³-hybridized carbons (Fsp3) is 0.190. The first-order valence-corrected chi connectivity index (χ1v) is 9.53. The minimum Gasteiger partial charge on any atom is -0.496 e. The van der Waals surface area contributed by atoms with Crippen LogP contribution in [0.15, 0.2) is 36.5 Å². The minimum absolute atomic E-state index is 0.0269. The number of hydrogen-bond acceptors (Lipinski definition) is 6. The number of amides is 1. The molecule has 2 aromatic carbocycles. The highest BCUT2D eigenvalue weighted by Crippen LogP contribution is 2.38. The summed E-state index contributed by atoms with van der Waals surface area (Å²) >= 11 is 6.32. The van der Waals surface area contributed by atoms with Crippen LogP contribution in [0, 0.1) is 0 Å². The summed E-state index contributed by atoms with van der Waals surface area (Å²) in [5, 5.41) is 12.9. The number of nitrogens with one attached hydrogen (secondary N) is 1. The van der Waals surface area contributed by atoms with E-state index in [0.29, 0.717) is 16.7 Å². The summed E-state index contributed by atoms with van der Waals surface area (Å²) in [5.41, 5.74) is 6.95. The smallest absolute Gasteiger partial charge is 0.339 e. The number of carbonyl (C=O) groups is 2. The quantitative estimate of drug-likeness (QED) is 0.510. The number of rotatable bonds is 6. The molecule has 4 rings (SSSR count). The summed E-state index contributed by atoms with van der Waals surface area (Å²) in [6.07, 6.45) is 3.43. The van der Waals surface area contributed by atoms with E-state index in [2.05, 4.69) is 10.3 Å². The Morgan fingerprint density at radius 2 is 1.93 bits per heavy atom. The monoisotopic (exact) mass is 427 g/mol. The van der Waals surface area contributed by atoms with Crippen molar-refractivity contribution in [3.05, 3.63) is 52.7 Å². The molecule has 8 nitrogen and oxygen atoms in total. The van der Waals surface area contributed by atoms with Crippen LogP contribution in [-0.2, 0) is 0 Å². The third-order valence-corrected chi connectivity index (χ3v) is 5.18. The van der Waals surface area contributed by atoms with E-state index in [1.54, 1.807) is 18.2 Å². The predicted octanol–water partition coefficient (Wildman–Crippen LogP) is 3.86. The van der Waals surface area contributed by atoms with Crippen molar-refractivity contribution in [2.75, 3.05) is 12.8 Å². The average molecular weight is 428 g/mol. The Bertz CT molecular complexity index is 1180. The summed E-state index contributed by atoms with van der Waals surface area (Å²) in [5.74, 6) is -0.662. The van der Waals surface area contributed by atoms with Gasteiger partial charge in [-0.25, -0.2) is 4.79 Å². The lowest BCUT2D eigenvalue weighted by Gasteiger charge is -2.14. The van der Waals surface area contributed by atoms with Gasteiger partial charge >= 0.3 is 5.97 Å². The molecule has 0 bridgehead atoms. The second kappa shape index (κ2) is 7.72. The molecule has 0 atom stereocenters. The zero-order valence-electron chi connectivity index (χ0n) is 15.9. The number of nitrogens with zero attached hydrogens (tertiary/aromatic N) is 1. The molecule has 154 valence electrons. The van der Waals surface area contributed by atoms with Gasteiger partial charge in [-0.05, 0) is 37.1 Å². The first-order valence-electron chi connectivity index (χ1n) is 9.15. The van der Waals surface area contributed by atoms with E-state index >= 15 is 0 Å². The summed E-state index contributed by atoms with van der Waals surface area (Å²) in [6.45, 7) is 0. The molecule has 0 saturated heterocycles. The highest BCUT2D eigenvalue weighted by molar-refractivity contribution is 6.36. The fourth-order valence-corrected chi connectivity index (χ4v) is 3.26. The van der Waals surface area contributed by atoms with E-state index in [-0.39, 0.29) is 45.3 Å². The third kappa shape index (κ3) is 3.69. The average Bonchev–Trinajstić information content (AvgIpc) is 3.54. The van der Waals surface area contributed by atoms with E-state index in [1.807, 2.05) is 0 Å². The molecule has 1 fully saturated rings. The van der Waals surface area contributed by atoms with Crippen LogP contribution in [0.25, 0.3) is 10.9 Å². The van der Waals surface area contributed by atoms with Crippen molar-refractivity contribution in [3.8, 4) is 17.2 Å². The Kier molecular flexibility index (Phi) is 5.09. The van der Waals surface area contributed by atoms with Gasteiger partial charge in [0.1, 0.15) is 17.1 Å². The number of methoxy groups -OCH3 is 1. The fourth-order valence-electron chi connectivity index (χ4n) is 3.02. The van der Waals surface area contributed by atoms with E-state index in [9.17, 15) is 14.7 Å². The van der Waals surface area contributed by atoms with Gasteiger partial charge in [0, 0.05) is 23.7 Å². The second-order valence-electron chi connectivity index (χ2n) is 6.87. The van der Waals surface area contributed by atoms with Crippen LogP contribution in [0.5, 0.6) is 17.2 Å². The number of carboxylic acid groups (broad SMARTS) is 1. The molecule has 9 heteroatoms. The Morgan fingerprint density at radius 1 is 1.17 bits per heavy atom. The Labute approximate surface area is 176 Å². The van der Waals surface area contributed by atoms with Gasteiger partial charge in [0.2, 0.25) is 0 Å². The van der Waals surface area contributed by atoms with Gasteiger partial charge < -0.3 is 25.6 Å². The Balaban J connectivity index is 1.71. The molecule has 0 spiro atoms. The van der Waals surface area contributed by atoms with E-state index in [4.69, 9.17) is 26.8 Å². The van der Waals surface area contributed by atoms with Crippen molar-refractivity contribution >= 4 is 40.1 Å². The molecule has 1 aromatic heterocycles. The van der Waals surface area contributed by atoms with Crippen molar-refractivity contribution in [2.45, 2.75) is 18.9 Å². The molecule has 1 aliphatic rings. The van der Waals surface area contributed by atoms with Gasteiger partial charge in [0.25, 0.3) is 5.91 Å². The number of hydrogen-bond donors (Lipinski definition) is 3. The maximum absolute atomic E-state index is 12.3. The largest absolute Gasteiger partial charge is 0.496 e. The number of carboxylic acids is 1.